The lowest BCUT2D eigenvalue weighted by Crippen LogP contribution is -2.03. The highest BCUT2D eigenvalue weighted by molar-refractivity contribution is 7.85. The van der Waals surface area contributed by atoms with E-state index in [-0.39, 0.29) is 5.71 Å². The Hall–Kier alpha value is -1.87. The number of nitriles is 1. The maximum Gasteiger partial charge on any atom is 0.325 e. The predicted octanol–water partition coefficient (Wildman–Crippen LogP) is 1.20. The van der Waals surface area contributed by atoms with Gasteiger partial charge in [-0.05, 0) is 6.92 Å². The molecule has 0 aliphatic carbocycles. The molecular formula is C10H10N2O3S. The first-order valence-corrected chi connectivity index (χ1v) is 6.18. The molecule has 0 unspecified atom stereocenters. The molecule has 0 aliphatic rings. The summed E-state index contributed by atoms with van der Waals surface area (Å²) in [5.41, 5.74) is 1.47. The molecule has 0 amide bonds. The molecule has 0 aromatic heterocycles. The Bertz CT molecular complexity index is 538. The summed E-state index contributed by atoms with van der Waals surface area (Å²) in [7, 11) is -3.68. The van der Waals surface area contributed by atoms with Crippen molar-refractivity contribution in [2.75, 3.05) is 6.26 Å². The Balaban J connectivity index is 3.00. The second-order valence-electron chi connectivity index (χ2n) is 3.20. The van der Waals surface area contributed by atoms with E-state index in [1.54, 1.807) is 30.3 Å². The van der Waals surface area contributed by atoms with Crippen molar-refractivity contribution in [2.45, 2.75) is 6.92 Å². The van der Waals surface area contributed by atoms with Crippen LogP contribution < -0.4 is 0 Å². The average Bonchev–Trinajstić information content (AvgIpc) is 2.20. The van der Waals surface area contributed by atoms with E-state index >= 15 is 0 Å². The van der Waals surface area contributed by atoms with Crippen molar-refractivity contribution in [1.29, 1.82) is 5.26 Å². The summed E-state index contributed by atoms with van der Waals surface area (Å²) in [6, 6.07) is 8.70. The zero-order valence-corrected chi connectivity index (χ0v) is 9.65. The lowest BCUT2D eigenvalue weighted by atomic mass is 10.1. The van der Waals surface area contributed by atoms with Crippen molar-refractivity contribution in [2.24, 2.45) is 5.16 Å². The molecule has 0 fully saturated rings. The van der Waals surface area contributed by atoms with Gasteiger partial charge in [0.15, 0.2) is 5.71 Å². The number of hydrogen-bond acceptors (Lipinski definition) is 5. The van der Waals surface area contributed by atoms with Crippen molar-refractivity contribution >= 4 is 15.8 Å². The molecule has 0 radical (unpaired) electrons. The van der Waals surface area contributed by atoms with Gasteiger partial charge in [-0.1, -0.05) is 35.0 Å². The smallest absolute Gasteiger partial charge is 0.267 e. The van der Waals surface area contributed by atoms with Crippen LogP contribution in [0.1, 0.15) is 11.1 Å². The molecular weight excluding hydrogens is 228 g/mol. The summed E-state index contributed by atoms with van der Waals surface area (Å²) in [6.07, 6.45) is 0.862. The van der Waals surface area contributed by atoms with Crippen LogP contribution in [0, 0.1) is 18.3 Å². The molecule has 0 spiro atoms. The molecule has 84 valence electrons. The van der Waals surface area contributed by atoms with Gasteiger partial charge in [-0.2, -0.15) is 13.7 Å². The third-order valence-corrected chi connectivity index (χ3v) is 2.04. The third kappa shape index (κ3) is 3.71. The van der Waals surface area contributed by atoms with Crippen molar-refractivity contribution < 1.29 is 12.7 Å². The highest BCUT2D eigenvalue weighted by Gasteiger charge is 2.06. The summed E-state index contributed by atoms with van der Waals surface area (Å²) in [5, 5.41) is 12.1. The number of rotatable bonds is 3. The normalized spacial score (nSPS) is 11.9. The molecule has 5 nitrogen and oxygen atoms in total. The van der Waals surface area contributed by atoms with E-state index in [0.29, 0.717) is 5.56 Å². The molecule has 0 heterocycles. The van der Waals surface area contributed by atoms with Crippen LogP contribution in [-0.4, -0.2) is 20.4 Å². The highest BCUT2D eigenvalue weighted by atomic mass is 32.2. The van der Waals surface area contributed by atoms with Gasteiger partial charge in [-0.3, -0.25) is 4.28 Å². The van der Waals surface area contributed by atoms with Gasteiger partial charge in [0.1, 0.15) is 6.07 Å². The van der Waals surface area contributed by atoms with E-state index in [1.165, 1.54) is 0 Å². The van der Waals surface area contributed by atoms with Gasteiger partial charge in [-0.25, -0.2) is 0 Å². The van der Waals surface area contributed by atoms with Crippen LogP contribution in [0.3, 0.4) is 0 Å². The Morgan fingerprint density at radius 1 is 1.38 bits per heavy atom. The molecule has 1 aromatic rings. The molecule has 16 heavy (non-hydrogen) atoms. The van der Waals surface area contributed by atoms with E-state index in [2.05, 4.69) is 9.44 Å². The standard InChI is InChI=1S/C10H10N2O3S/c1-8-3-5-9(6-4-8)10(7-11)12-15-16(2,13)14/h3-6H,1-2H3/b12-10+. The van der Waals surface area contributed by atoms with Crippen molar-refractivity contribution in [3.05, 3.63) is 35.4 Å². The predicted molar refractivity (Wildman–Crippen MR) is 59.3 cm³/mol. The second-order valence-corrected chi connectivity index (χ2v) is 4.75. The molecule has 0 bridgehead atoms. The third-order valence-electron chi connectivity index (χ3n) is 1.69. The first kappa shape index (κ1) is 12.2. The quantitative estimate of drug-likeness (QED) is 0.585. The lowest BCUT2D eigenvalue weighted by molar-refractivity contribution is 0.344. The SMILES string of the molecule is Cc1ccc(/C(C#N)=N/OS(C)(=O)=O)cc1. The highest BCUT2D eigenvalue weighted by Crippen LogP contribution is 2.05. The van der Waals surface area contributed by atoms with Gasteiger partial charge in [0.2, 0.25) is 0 Å². The Morgan fingerprint density at radius 3 is 2.38 bits per heavy atom. The number of oxime groups is 1. The van der Waals surface area contributed by atoms with Gasteiger partial charge < -0.3 is 0 Å². The lowest BCUT2D eigenvalue weighted by Gasteiger charge is -1.98. The van der Waals surface area contributed by atoms with E-state index in [4.69, 9.17) is 5.26 Å². The van der Waals surface area contributed by atoms with Crippen LogP contribution in [-0.2, 0) is 14.4 Å². The largest absolute Gasteiger partial charge is 0.325 e. The van der Waals surface area contributed by atoms with Crippen LogP contribution in [0.15, 0.2) is 29.4 Å². The average molecular weight is 238 g/mol. The van der Waals surface area contributed by atoms with Gasteiger partial charge >= 0.3 is 10.1 Å². The summed E-state index contributed by atoms with van der Waals surface area (Å²) < 4.78 is 25.6. The van der Waals surface area contributed by atoms with Crippen molar-refractivity contribution in [1.82, 2.24) is 0 Å². The molecule has 0 saturated carbocycles. The fraction of sp³-hybridized carbons (Fsp3) is 0.200. The summed E-state index contributed by atoms with van der Waals surface area (Å²) in [4.78, 5) is 0. The molecule has 6 heteroatoms. The summed E-state index contributed by atoms with van der Waals surface area (Å²) in [5.74, 6) is 0. The fourth-order valence-corrected chi connectivity index (χ4v) is 1.16. The molecule has 0 aliphatic heterocycles. The monoisotopic (exact) mass is 238 g/mol. The van der Waals surface area contributed by atoms with Gasteiger partial charge in [0.05, 0.1) is 6.26 Å². The van der Waals surface area contributed by atoms with E-state index in [0.717, 1.165) is 11.8 Å². The first-order valence-electron chi connectivity index (χ1n) is 4.36. The van der Waals surface area contributed by atoms with Crippen LogP contribution in [0.4, 0.5) is 0 Å². The zero-order valence-electron chi connectivity index (χ0n) is 8.84. The molecule has 0 saturated heterocycles. The van der Waals surface area contributed by atoms with Crippen molar-refractivity contribution in [3.63, 3.8) is 0 Å². The van der Waals surface area contributed by atoms with E-state index < -0.39 is 10.1 Å². The van der Waals surface area contributed by atoms with Crippen molar-refractivity contribution in [3.8, 4) is 6.07 Å². The number of aryl methyl sites for hydroxylation is 1. The van der Waals surface area contributed by atoms with E-state index in [1.807, 2.05) is 6.92 Å². The Kier molecular flexibility index (Phi) is 3.64. The minimum absolute atomic E-state index is 0.0783. The molecule has 1 aromatic carbocycles. The number of hydrogen-bond donors (Lipinski definition) is 0. The number of nitrogens with zero attached hydrogens (tertiary/aromatic N) is 2. The van der Waals surface area contributed by atoms with Crippen LogP contribution in [0.2, 0.25) is 0 Å². The fourth-order valence-electron chi connectivity index (χ4n) is 0.954. The zero-order chi connectivity index (χ0) is 12.2. The molecule has 0 N–H and O–H groups in total. The van der Waals surface area contributed by atoms with Crippen LogP contribution in [0.25, 0.3) is 0 Å². The Labute approximate surface area is 94.1 Å². The minimum atomic E-state index is -3.68. The maximum atomic E-state index is 10.7. The molecule has 1 rings (SSSR count). The Morgan fingerprint density at radius 2 is 1.94 bits per heavy atom. The maximum absolute atomic E-state index is 10.7. The minimum Gasteiger partial charge on any atom is -0.267 e. The van der Waals surface area contributed by atoms with E-state index in [9.17, 15) is 8.42 Å². The summed E-state index contributed by atoms with van der Waals surface area (Å²) in [6.45, 7) is 1.90. The summed E-state index contributed by atoms with van der Waals surface area (Å²) >= 11 is 0. The van der Waals surface area contributed by atoms with Gasteiger partial charge in [0.25, 0.3) is 0 Å². The van der Waals surface area contributed by atoms with Crippen LogP contribution >= 0.6 is 0 Å². The molecule has 0 atom stereocenters. The topological polar surface area (TPSA) is 79.5 Å². The second kappa shape index (κ2) is 4.77. The van der Waals surface area contributed by atoms with Gasteiger partial charge in [0, 0.05) is 5.56 Å². The first-order chi connectivity index (χ1) is 7.42. The van der Waals surface area contributed by atoms with Crippen LogP contribution in [0.5, 0.6) is 0 Å². The van der Waals surface area contributed by atoms with Gasteiger partial charge in [-0.15, -0.1) is 0 Å². The number of benzene rings is 1.